The average Bonchev–Trinajstić information content (AvgIpc) is 2.79. The van der Waals surface area contributed by atoms with Gasteiger partial charge in [0.25, 0.3) is 5.91 Å². The molecule has 30 heavy (non-hydrogen) atoms. The Kier molecular flexibility index (Phi) is 7.97. The molecule has 2 amide bonds. The van der Waals surface area contributed by atoms with Crippen LogP contribution >= 0.6 is 11.8 Å². The van der Waals surface area contributed by atoms with Crippen molar-refractivity contribution in [3.63, 3.8) is 0 Å². The Hall–Kier alpha value is -3.19. The number of nitrogens with zero attached hydrogens (tertiary/aromatic N) is 2. The molecule has 0 spiro atoms. The van der Waals surface area contributed by atoms with Gasteiger partial charge in [0.1, 0.15) is 5.03 Å². The normalized spacial score (nSPS) is 10.4. The highest BCUT2D eigenvalue weighted by molar-refractivity contribution is 7.99. The van der Waals surface area contributed by atoms with Gasteiger partial charge in [0.2, 0.25) is 5.91 Å². The van der Waals surface area contributed by atoms with E-state index in [9.17, 15) is 9.59 Å². The Morgan fingerprint density at radius 1 is 0.900 bits per heavy atom. The van der Waals surface area contributed by atoms with Crippen molar-refractivity contribution in [2.75, 3.05) is 16.4 Å². The lowest BCUT2D eigenvalue weighted by molar-refractivity contribution is -0.113. The van der Waals surface area contributed by atoms with Crippen molar-refractivity contribution in [2.45, 2.75) is 31.2 Å². The number of carbonyl (C=O) groups excluding carboxylic acids is 2. The maximum Gasteiger partial charge on any atom is 0.256 e. The molecule has 2 aromatic carbocycles. The van der Waals surface area contributed by atoms with Gasteiger partial charge in [0.15, 0.2) is 5.82 Å². The van der Waals surface area contributed by atoms with Crippen LogP contribution in [0, 0.1) is 0 Å². The van der Waals surface area contributed by atoms with Crippen molar-refractivity contribution in [3.05, 3.63) is 77.9 Å². The summed E-state index contributed by atoms with van der Waals surface area (Å²) in [5.74, 6) is 0.234. The molecular formula is C23H24N4O2S. The second-order valence-corrected chi connectivity index (χ2v) is 7.71. The van der Waals surface area contributed by atoms with E-state index in [0.717, 1.165) is 18.5 Å². The number of benzene rings is 2. The minimum absolute atomic E-state index is 0.107. The molecule has 0 aliphatic rings. The van der Waals surface area contributed by atoms with Crippen molar-refractivity contribution in [1.29, 1.82) is 0 Å². The van der Waals surface area contributed by atoms with E-state index in [4.69, 9.17) is 0 Å². The van der Waals surface area contributed by atoms with Crippen LogP contribution in [0.2, 0.25) is 0 Å². The van der Waals surface area contributed by atoms with E-state index >= 15 is 0 Å². The van der Waals surface area contributed by atoms with Crippen LogP contribution in [0.25, 0.3) is 0 Å². The molecule has 0 saturated carbocycles. The van der Waals surface area contributed by atoms with Crippen LogP contribution in [-0.2, 0) is 11.2 Å². The van der Waals surface area contributed by atoms with E-state index < -0.39 is 0 Å². The van der Waals surface area contributed by atoms with Gasteiger partial charge in [-0.05, 0) is 54.8 Å². The molecule has 7 heteroatoms. The smallest absolute Gasteiger partial charge is 0.256 e. The molecular weight excluding hydrogens is 396 g/mol. The summed E-state index contributed by atoms with van der Waals surface area (Å²) >= 11 is 1.29. The van der Waals surface area contributed by atoms with Crippen LogP contribution in [-0.4, -0.2) is 27.8 Å². The topological polar surface area (TPSA) is 84.0 Å². The number of aromatic nitrogens is 2. The number of hydrogen-bond acceptors (Lipinski definition) is 5. The van der Waals surface area contributed by atoms with Crippen molar-refractivity contribution in [3.8, 4) is 0 Å². The maximum absolute atomic E-state index is 12.2. The van der Waals surface area contributed by atoms with E-state index in [-0.39, 0.29) is 17.6 Å². The molecule has 3 aromatic rings. The van der Waals surface area contributed by atoms with E-state index in [2.05, 4.69) is 27.8 Å². The highest BCUT2D eigenvalue weighted by Gasteiger charge is 2.08. The summed E-state index contributed by atoms with van der Waals surface area (Å²) in [6, 6.07) is 20.2. The van der Waals surface area contributed by atoms with E-state index in [1.165, 1.54) is 23.7 Å². The number of hydrogen-bond donors (Lipinski definition) is 2. The molecule has 1 aromatic heterocycles. The molecule has 0 bridgehead atoms. The summed E-state index contributed by atoms with van der Waals surface area (Å²) in [6.07, 6.45) is 3.39. The standard InChI is InChI=1S/C23H24N4O2S/c1-2-3-7-17-10-12-19(13-11-17)24-21(28)16-30-22-15-14-20(26-27-22)25-23(29)18-8-5-4-6-9-18/h4-6,8-15H,2-3,7,16H2,1H3,(H,24,28)(H,25,26,29). The maximum atomic E-state index is 12.2. The SMILES string of the molecule is CCCCc1ccc(NC(=O)CSc2ccc(NC(=O)c3ccccc3)nn2)cc1. The Balaban J connectivity index is 1.45. The Morgan fingerprint density at radius 3 is 2.33 bits per heavy atom. The summed E-state index contributed by atoms with van der Waals surface area (Å²) in [7, 11) is 0. The van der Waals surface area contributed by atoms with Gasteiger partial charge in [-0.2, -0.15) is 0 Å². The Bertz CT molecular complexity index is 961. The summed E-state index contributed by atoms with van der Waals surface area (Å²) in [4.78, 5) is 24.3. The lowest BCUT2D eigenvalue weighted by Crippen LogP contribution is -2.14. The molecule has 0 aliphatic carbocycles. The molecule has 2 N–H and O–H groups in total. The second kappa shape index (κ2) is 11.1. The number of amides is 2. The predicted octanol–water partition coefficient (Wildman–Crippen LogP) is 4.80. The lowest BCUT2D eigenvalue weighted by atomic mass is 10.1. The first-order chi connectivity index (χ1) is 14.6. The van der Waals surface area contributed by atoms with Gasteiger partial charge >= 0.3 is 0 Å². The van der Waals surface area contributed by atoms with Crippen LogP contribution in [0.15, 0.2) is 71.8 Å². The molecule has 0 saturated heterocycles. The van der Waals surface area contributed by atoms with Gasteiger partial charge in [-0.3, -0.25) is 9.59 Å². The average molecular weight is 421 g/mol. The molecule has 0 unspecified atom stereocenters. The van der Waals surface area contributed by atoms with Gasteiger partial charge in [-0.15, -0.1) is 10.2 Å². The van der Waals surface area contributed by atoms with E-state index in [1.54, 1.807) is 36.4 Å². The summed E-state index contributed by atoms with van der Waals surface area (Å²) in [5.41, 5.74) is 2.61. The van der Waals surface area contributed by atoms with Crippen molar-refractivity contribution >= 4 is 35.1 Å². The lowest BCUT2D eigenvalue weighted by Gasteiger charge is -2.07. The minimum Gasteiger partial charge on any atom is -0.325 e. The number of nitrogens with one attached hydrogen (secondary N) is 2. The predicted molar refractivity (Wildman–Crippen MR) is 121 cm³/mol. The number of anilines is 2. The zero-order chi connectivity index (χ0) is 21.2. The highest BCUT2D eigenvalue weighted by Crippen LogP contribution is 2.17. The van der Waals surface area contributed by atoms with E-state index in [0.29, 0.717) is 16.4 Å². The van der Waals surface area contributed by atoms with Crippen LogP contribution in [0.5, 0.6) is 0 Å². The Labute approximate surface area is 180 Å². The number of thioether (sulfide) groups is 1. The quantitative estimate of drug-likeness (QED) is 0.486. The third-order valence-electron chi connectivity index (χ3n) is 4.33. The van der Waals surface area contributed by atoms with Gasteiger partial charge in [0.05, 0.1) is 5.75 Å². The molecule has 0 fully saturated rings. The van der Waals surface area contributed by atoms with Crippen molar-refractivity contribution < 1.29 is 9.59 Å². The van der Waals surface area contributed by atoms with Crippen LogP contribution < -0.4 is 10.6 Å². The number of rotatable bonds is 9. The van der Waals surface area contributed by atoms with Crippen molar-refractivity contribution in [1.82, 2.24) is 10.2 Å². The first-order valence-corrected chi connectivity index (χ1v) is 10.8. The fourth-order valence-corrected chi connectivity index (χ4v) is 3.33. The summed E-state index contributed by atoms with van der Waals surface area (Å²) in [6.45, 7) is 2.17. The highest BCUT2D eigenvalue weighted by atomic mass is 32.2. The van der Waals surface area contributed by atoms with E-state index in [1.807, 2.05) is 30.3 Å². The number of carbonyl (C=O) groups is 2. The summed E-state index contributed by atoms with van der Waals surface area (Å²) in [5, 5.41) is 14.3. The minimum atomic E-state index is -0.245. The van der Waals surface area contributed by atoms with Gasteiger partial charge < -0.3 is 10.6 Å². The fourth-order valence-electron chi connectivity index (χ4n) is 2.71. The summed E-state index contributed by atoms with van der Waals surface area (Å²) < 4.78 is 0. The van der Waals surface area contributed by atoms with Crippen LogP contribution in [0.3, 0.4) is 0 Å². The largest absolute Gasteiger partial charge is 0.325 e. The van der Waals surface area contributed by atoms with Crippen LogP contribution in [0.4, 0.5) is 11.5 Å². The Morgan fingerprint density at radius 2 is 1.67 bits per heavy atom. The zero-order valence-electron chi connectivity index (χ0n) is 16.8. The molecule has 0 radical (unpaired) electrons. The molecule has 6 nitrogen and oxygen atoms in total. The van der Waals surface area contributed by atoms with Crippen LogP contribution in [0.1, 0.15) is 35.7 Å². The number of aryl methyl sites for hydroxylation is 1. The molecule has 154 valence electrons. The van der Waals surface area contributed by atoms with Crippen molar-refractivity contribution in [2.24, 2.45) is 0 Å². The third kappa shape index (κ3) is 6.70. The van der Waals surface area contributed by atoms with Gasteiger partial charge in [-0.1, -0.05) is 55.4 Å². The first-order valence-electron chi connectivity index (χ1n) is 9.86. The van der Waals surface area contributed by atoms with Gasteiger partial charge in [-0.25, -0.2) is 0 Å². The molecule has 0 atom stereocenters. The first kappa shape index (κ1) is 21.5. The van der Waals surface area contributed by atoms with Gasteiger partial charge in [0, 0.05) is 11.3 Å². The molecule has 3 rings (SSSR count). The number of unbranched alkanes of at least 4 members (excludes halogenated alkanes) is 1. The molecule has 1 heterocycles. The monoisotopic (exact) mass is 420 g/mol. The second-order valence-electron chi connectivity index (χ2n) is 6.71. The zero-order valence-corrected chi connectivity index (χ0v) is 17.6. The molecule has 0 aliphatic heterocycles. The fraction of sp³-hybridized carbons (Fsp3) is 0.217. The third-order valence-corrected chi connectivity index (χ3v) is 5.25.